The van der Waals surface area contributed by atoms with Crippen LogP contribution in [0.4, 0.5) is 18.9 Å². The molecule has 2 rings (SSSR count). The smallest absolute Gasteiger partial charge is 0.380 e. The molecular weight excluding hydrogens is 522 g/mol. The molecule has 1 aliphatic heterocycles. The molecular formula is C21H35F3IN5O. The van der Waals surface area contributed by atoms with Gasteiger partial charge in [-0.3, -0.25) is 9.89 Å². The highest BCUT2D eigenvalue weighted by molar-refractivity contribution is 14.0. The molecule has 31 heavy (non-hydrogen) atoms. The van der Waals surface area contributed by atoms with E-state index in [0.29, 0.717) is 18.9 Å². The van der Waals surface area contributed by atoms with Crippen LogP contribution in [0, 0.1) is 0 Å². The number of nitrogens with one attached hydrogen (secondary N) is 2. The van der Waals surface area contributed by atoms with Crippen molar-refractivity contribution in [2.45, 2.75) is 25.9 Å². The first-order valence-electron chi connectivity index (χ1n) is 10.6. The lowest BCUT2D eigenvalue weighted by molar-refractivity contribution is -0.137. The van der Waals surface area contributed by atoms with Crippen LogP contribution in [-0.2, 0) is 10.9 Å². The molecule has 1 aliphatic rings. The Balaban J connectivity index is 0.00000480. The topological polar surface area (TPSA) is 52.1 Å². The summed E-state index contributed by atoms with van der Waals surface area (Å²) < 4.78 is 44.0. The molecule has 0 radical (unpaired) electrons. The fourth-order valence-electron chi connectivity index (χ4n) is 3.38. The van der Waals surface area contributed by atoms with Crippen molar-refractivity contribution in [3.05, 3.63) is 29.8 Å². The predicted molar refractivity (Wildman–Crippen MR) is 131 cm³/mol. The minimum Gasteiger partial charge on any atom is -0.380 e. The largest absolute Gasteiger partial charge is 0.416 e. The molecule has 0 amide bonds. The molecule has 1 heterocycles. The van der Waals surface area contributed by atoms with Crippen LogP contribution in [0.25, 0.3) is 0 Å². The van der Waals surface area contributed by atoms with Crippen molar-refractivity contribution in [3.63, 3.8) is 0 Å². The number of unbranched alkanes of at least 4 members (excludes halogenated alkanes) is 1. The van der Waals surface area contributed by atoms with Gasteiger partial charge in [-0.2, -0.15) is 13.2 Å². The molecule has 1 saturated heterocycles. The summed E-state index contributed by atoms with van der Waals surface area (Å²) in [5.74, 6) is 0.782. The second-order valence-electron chi connectivity index (χ2n) is 7.21. The number of ether oxygens (including phenoxy) is 1. The molecule has 0 aromatic heterocycles. The van der Waals surface area contributed by atoms with E-state index < -0.39 is 11.7 Å². The zero-order valence-electron chi connectivity index (χ0n) is 18.4. The van der Waals surface area contributed by atoms with E-state index >= 15 is 0 Å². The van der Waals surface area contributed by atoms with Crippen LogP contribution in [0.2, 0.25) is 0 Å². The summed E-state index contributed by atoms with van der Waals surface area (Å²) >= 11 is 0. The Bertz CT molecular complexity index is 652. The van der Waals surface area contributed by atoms with Crippen molar-refractivity contribution in [1.82, 2.24) is 15.5 Å². The minimum absolute atomic E-state index is 0. The summed E-state index contributed by atoms with van der Waals surface area (Å²) in [5.41, 5.74) is 0.0641. The summed E-state index contributed by atoms with van der Waals surface area (Å²) in [6, 6.07) is 5.61. The van der Waals surface area contributed by atoms with E-state index in [2.05, 4.69) is 20.5 Å². The third-order valence-corrected chi connectivity index (χ3v) is 5.07. The van der Waals surface area contributed by atoms with Gasteiger partial charge in [0.05, 0.1) is 12.2 Å². The van der Waals surface area contributed by atoms with E-state index in [9.17, 15) is 13.2 Å². The van der Waals surface area contributed by atoms with Crippen LogP contribution in [0.1, 0.15) is 25.3 Å². The lowest BCUT2D eigenvalue weighted by Crippen LogP contribution is -2.46. The van der Waals surface area contributed by atoms with E-state index in [1.54, 1.807) is 13.1 Å². The van der Waals surface area contributed by atoms with Gasteiger partial charge in [-0.25, -0.2) is 0 Å². The maximum Gasteiger partial charge on any atom is 0.416 e. The number of hydrogen-bond donors (Lipinski definition) is 2. The average molecular weight is 557 g/mol. The zero-order chi connectivity index (χ0) is 21.8. The summed E-state index contributed by atoms with van der Waals surface area (Å²) in [4.78, 5) is 8.59. The third-order valence-electron chi connectivity index (χ3n) is 5.07. The maximum atomic E-state index is 12.9. The van der Waals surface area contributed by atoms with Gasteiger partial charge in [0.25, 0.3) is 0 Å². The van der Waals surface area contributed by atoms with Crippen molar-refractivity contribution in [2.75, 3.05) is 71.0 Å². The van der Waals surface area contributed by atoms with E-state index in [0.717, 1.165) is 70.7 Å². The number of hydrogen-bond acceptors (Lipinski definition) is 4. The SMILES string of the molecule is CCOCCNC(=NC)NCCCCN1CCN(c2cccc(C(F)(F)F)c2)CC1.I. The second-order valence-corrected chi connectivity index (χ2v) is 7.21. The quantitative estimate of drug-likeness (QED) is 0.200. The van der Waals surface area contributed by atoms with Crippen LogP contribution in [-0.4, -0.2) is 76.9 Å². The van der Waals surface area contributed by atoms with Gasteiger partial charge >= 0.3 is 6.18 Å². The Labute approximate surface area is 200 Å². The monoisotopic (exact) mass is 557 g/mol. The maximum absolute atomic E-state index is 12.9. The van der Waals surface area contributed by atoms with Gasteiger partial charge in [-0.15, -0.1) is 24.0 Å². The molecule has 178 valence electrons. The molecule has 0 bridgehead atoms. The van der Waals surface area contributed by atoms with Gasteiger partial charge in [0.1, 0.15) is 0 Å². The molecule has 0 saturated carbocycles. The highest BCUT2D eigenvalue weighted by Crippen LogP contribution is 2.31. The van der Waals surface area contributed by atoms with Gasteiger partial charge < -0.3 is 20.3 Å². The lowest BCUT2D eigenvalue weighted by Gasteiger charge is -2.36. The Hall–Kier alpha value is -1.27. The Morgan fingerprint density at radius 3 is 2.45 bits per heavy atom. The number of rotatable bonds is 10. The van der Waals surface area contributed by atoms with Gasteiger partial charge in [-0.1, -0.05) is 6.07 Å². The highest BCUT2D eigenvalue weighted by Gasteiger charge is 2.31. The minimum atomic E-state index is -4.30. The molecule has 0 atom stereocenters. The van der Waals surface area contributed by atoms with Crippen molar-refractivity contribution < 1.29 is 17.9 Å². The normalized spacial score (nSPS) is 15.5. The van der Waals surface area contributed by atoms with Crippen LogP contribution >= 0.6 is 24.0 Å². The van der Waals surface area contributed by atoms with Gasteiger partial charge in [0, 0.05) is 58.6 Å². The zero-order valence-corrected chi connectivity index (χ0v) is 20.7. The van der Waals surface area contributed by atoms with Crippen molar-refractivity contribution in [3.8, 4) is 0 Å². The Kier molecular flexibility index (Phi) is 13.2. The standard InChI is InChI=1S/C21H34F3N5O.HI/c1-3-30-16-10-27-20(25-2)26-9-4-5-11-28-12-14-29(15-13-28)19-8-6-7-18(17-19)21(22,23)24;/h6-8,17H,3-5,9-16H2,1-2H3,(H2,25,26,27);1H. The van der Waals surface area contributed by atoms with Crippen molar-refractivity contribution in [1.29, 1.82) is 0 Å². The number of alkyl halides is 3. The van der Waals surface area contributed by atoms with Crippen LogP contribution < -0.4 is 15.5 Å². The molecule has 10 heteroatoms. The number of aliphatic imine (C=N–C) groups is 1. The Morgan fingerprint density at radius 1 is 1.10 bits per heavy atom. The van der Waals surface area contributed by atoms with Crippen LogP contribution in [0.15, 0.2) is 29.3 Å². The first kappa shape index (κ1) is 27.8. The number of piperazine rings is 1. The number of nitrogens with zero attached hydrogens (tertiary/aromatic N) is 3. The van der Waals surface area contributed by atoms with E-state index in [-0.39, 0.29) is 24.0 Å². The van der Waals surface area contributed by atoms with Crippen LogP contribution in [0.5, 0.6) is 0 Å². The van der Waals surface area contributed by atoms with Crippen molar-refractivity contribution >= 4 is 35.6 Å². The molecule has 2 N–H and O–H groups in total. The molecule has 0 unspecified atom stereocenters. The molecule has 0 spiro atoms. The molecule has 6 nitrogen and oxygen atoms in total. The number of benzene rings is 1. The van der Waals surface area contributed by atoms with Crippen molar-refractivity contribution in [2.24, 2.45) is 4.99 Å². The van der Waals surface area contributed by atoms with Gasteiger partial charge in [-0.05, 0) is 44.5 Å². The third kappa shape index (κ3) is 10.3. The fraction of sp³-hybridized carbons (Fsp3) is 0.667. The first-order valence-corrected chi connectivity index (χ1v) is 10.6. The summed E-state index contributed by atoms with van der Waals surface area (Å²) in [6.45, 7) is 9.13. The summed E-state index contributed by atoms with van der Waals surface area (Å²) in [5, 5.41) is 6.50. The molecule has 1 aromatic rings. The highest BCUT2D eigenvalue weighted by atomic mass is 127. The lowest BCUT2D eigenvalue weighted by atomic mass is 10.1. The molecule has 0 aliphatic carbocycles. The summed E-state index contributed by atoms with van der Waals surface area (Å²) in [7, 11) is 1.75. The predicted octanol–water partition coefficient (Wildman–Crippen LogP) is 3.43. The second kappa shape index (κ2) is 14.7. The molecule has 1 aromatic carbocycles. The van der Waals surface area contributed by atoms with E-state index in [1.165, 1.54) is 12.1 Å². The molecule has 1 fully saturated rings. The number of guanidine groups is 1. The van der Waals surface area contributed by atoms with E-state index in [4.69, 9.17) is 4.74 Å². The first-order chi connectivity index (χ1) is 14.4. The van der Waals surface area contributed by atoms with Gasteiger partial charge in [0.2, 0.25) is 0 Å². The van der Waals surface area contributed by atoms with E-state index in [1.807, 2.05) is 11.8 Å². The number of anilines is 1. The summed E-state index contributed by atoms with van der Waals surface area (Å²) in [6.07, 6.45) is -2.21. The van der Waals surface area contributed by atoms with Crippen LogP contribution in [0.3, 0.4) is 0 Å². The van der Waals surface area contributed by atoms with Gasteiger partial charge in [0.15, 0.2) is 5.96 Å². The fourth-order valence-corrected chi connectivity index (χ4v) is 3.38. The number of halogens is 4. The average Bonchev–Trinajstić information content (AvgIpc) is 2.75. The Morgan fingerprint density at radius 2 is 1.81 bits per heavy atom.